The van der Waals surface area contributed by atoms with E-state index in [2.05, 4.69) is 15.6 Å². The molecule has 2 rings (SSSR count). The van der Waals surface area contributed by atoms with E-state index in [0.717, 1.165) is 25.9 Å². The fourth-order valence-corrected chi connectivity index (χ4v) is 3.59. The molecule has 0 aliphatic heterocycles. The number of amides is 1. The molecule has 1 aromatic heterocycles. The second-order valence-corrected chi connectivity index (χ2v) is 7.01. The highest BCUT2D eigenvalue weighted by atomic mass is 127. The first-order valence-electron chi connectivity index (χ1n) is 8.30. The Bertz CT molecular complexity index is 535. The Labute approximate surface area is 165 Å². The number of rotatable bonds is 6. The lowest BCUT2D eigenvalue weighted by Crippen LogP contribution is -2.39. The van der Waals surface area contributed by atoms with Crippen molar-refractivity contribution in [2.45, 2.75) is 39.0 Å². The van der Waals surface area contributed by atoms with Gasteiger partial charge in [0.25, 0.3) is 0 Å². The van der Waals surface area contributed by atoms with E-state index in [1.54, 1.807) is 19.0 Å². The van der Waals surface area contributed by atoms with E-state index in [0.29, 0.717) is 5.96 Å². The van der Waals surface area contributed by atoms with Crippen LogP contribution in [-0.4, -0.2) is 55.5 Å². The van der Waals surface area contributed by atoms with Crippen LogP contribution in [0.15, 0.2) is 4.99 Å². The predicted octanol–water partition coefficient (Wildman–Crippen LogP) is 1.83. The highest BCUT2D eigenvalue weighted by molar-refractivity contribution is 14.0. The summed E-state index contributed by atoms with van der Waals surface area (Å²) in [4.78, 5) is 23.7. The lowest BCUT2D eigenvalue weighted by molar-refractivity contribution is -0.127. The first kappa shape index (κ1) is 21.1. The van der Waals surface area contributed by atoms with Crippen LogP contribution in [0.5, 0.6) is 0 Å². The van der Waals surface area contributed by atoms with Crippen LogP contribution in [0.4, 0.5) is 0 Å². The van der Waals surface area contributed by atoms with E-state index >= 15 is 0 Å². The average Bonchev–Trinajstić information content (AvgIpc) is 2.94. The van der Waals surface area contributed by atoms with Gasteiger partial charge in [0.05, 0.1) is 10.7 Å². The zero-order chi connectivity index (χ0) is 16.7. The number of aryl methyl sites for hydroxylation is 2. The molecule has 0 radical (unpaired) electrons. The van der Waals surface area contributed by atoms with Gasteiger partial charge in [0.1, 0.15) is 6.54 Å². The Kier molecular flexibility index (Phi) is 9.57. The number of nitrogens with one attached hydrogen (secondary N) is 2. The smallest absolute Gasteiger partial charge is 0.243 e. The van der Waals surface area contributed by atoms with E-state index in [-0.39, 0.29) is 36.4 Å². The Morgan fingerprint density at radius 2 is 2.04 bits per heavy atom. The Morgan fingerprint density at radius 3 is 2.71 bits per heavy atom. The number of carbonyl (C=O) groups excluding carboxylic acids is 1. The second-order valence-electron chi connectivity index (χ2n) is 5.84. The maximum Gasteiger partial charge on any atom is 0.243 e. The number of halogens is 1. The summed E-state index contributed by atoms with van der Waals surface area (Å²) < 4.78 is 0. The van der Waals surface area contributed by atoms with Crippen LogP contribution in [0, 0.1) is 0 Å². The normalized spacial score (nSPS) is 13.7. The summed E-state index contributed by atoms with van der Waals surface area (Å²) in [6.07, 6.45) is 5.78. The number of likely N-dealkylation sites (N-methyl/N-ethyl adjacent to an activating group) is 1. The van der Waals surface area contributed by atoms with Crippen molar-refractivity contribution in [1.29, 1.82) is 0 Å². The number of thiazole rings is 1. The first-order chi connectivity index (χ1) is 11.1. The summed E-state index contributed by atoms with van der Waals surface area (Å²) in [7, 11) is 3.48. The van der Waals surface area contributed by atoms with Crippen molar-refractivity contribution < 1.29 is 4.79 Å². The minimum atomic E-state index is -0.00481. The van der Waals surface area contributed by atoms with Gasteiger partial charge in [0.2, 0.25) is 5.91 Å². The van der Waals surface area contributed by atoms with Gasteiger partial charge >= 0.3 is 0 Å². The van der Waals surface area contributed by atoms with Crippen molar-refractivity contribution in [2.75, 3.05) is 33.7 Å². The average molecular weight is 465 g/mol. The topological polar surface area (TPSA) is 69.6 Å². The molecule has 0 saturated heterocycles. The zero-order valence-electron chi connectivity index (χ0n) is 14.7. The van der Waals surface area contributed by atoms with Crippen LogP contribution >= 0.6 is 35.3 Å². The molecule has 136 valence electrons. The molecule has 1 aliphatic carbocycles. The van der Waals surface area contributed by atoms with Crippen molar-refractivity contribution in [3.05, 3.63) is 15.6 Å². The van der Waals surface area contributed by atoms with Gasteiger partial charge in [-0.05, 0) is 32.6 Å². The highest BCUT2D eigenvalue weighted by Crippen LogP contribution is 2.26. The molecule has 0 spiro atoms. The van der Waals surface area contributed by atoms with E-state index in [4.69, 9.17) is 4.98 Å². The molecule has 0 unspecified atom stereocenters. The Hall–Kier alpha value is -0.900. The van der Waals surface area contributed by atoms with Crippen LogP contribution in [0.25, 0.3) is 0 Å². The molecule has 8 heteroatoms. The standard InChI is InChI=1S/C16H27N5OS.HI/c1-4-17-16(19-11-15(22)21(2)3)18-10-9-14-20-12-7-5-6-8-13(12)23-14;/h4-11H2,1-3H3,(H2,17,18,19);1H. The van der Waals surface area contributed by atoms with E-state index in [1.165, 1.54) is 34.8 Å². The van der Waals surface area contributed by atoms with Gasteiger partial charge in [-0.2, -0.15) is 0 Å². The van der Waals surface area contributed by atoms with Gasteiger partial charge in [-0.25, -0.2) is 9.98 Å². The third-order valence-electron chi connectivity index (χ3n) is 3.74. The number of fused-ring (bicyclic) bond motifs is 1. The second kappa shape index (κ2) is 10.9. The van der Waals surface area contributed by atoms with E-state index < -0.39 is 0 Å². The predicted molar refractivity (Wildman–Crippen MR) is 111 cm³/mol. The summed E-state index contributed by atoms with van der Waals surface area (Å²) >= 11 is 1.85. The molecule has 1 aliphatic rings. The summed E-state index contributed by atoms with van der Waals surface area (Å²) in [6.45, 7) is 3.72. The van der Waals surface area contributed by atoms with Gasteiger partial charge in [-0.15, -0.1) is 35.3 Å². The summed E-state index contributed by atoms with van der Waals surface area (Å²) in [5, 5.41) is 7.64. The first-order valence-corrected chi connectivity index (χ1v) is 9.11. The summed E-state index contributed by atoms with van der Waals surface area (Å²) in [5.41, 5.74) is 1.31. The van der Waals surface area contributed by atoms with Gasteiger partial charge in [0, 0.05) is 38.5 Å². The number of carbonyl (C=O) groups is 1. The van der Waals surface area contributed by atoms with Gasteiger partial charge in [-0.1, -0.05) is 0 Å². The molecule has 6 nitrogen and oxygen atoms in total. The minimum absolute atomic E-state index is 0. The number of nitrogens with zero attached hydrogens (tertiary/aromatic N) is 3. The van der Waals surface area contributed by atoms with Crippen molar-refractivity contribution in [3.8, 4) is 0 Å². The van der Waals surface area contributed by atoms with Crippen molar-refractivity contribution >= 4 is 47.2 Å². The number of guanidine groups is 1. The van der Waals surface area contributed by atoms with Crippen LogP contribution in [0.1, 0.15) is 35.3 Å². The minimum Gasteiger partial charge on any atom is -0.357 e. The molecule has 1 aromatic rings. The summed E-state index contributed by atoms with van der Waals surface area (Å²) in [6, 6.07) is 0. The molecular formula is C16H28IN5OS. The number of hydrogen-bond donors (Lipinski definition) is 2. The van der Waals surface area contributed by atoms with Crippen molar-refractivity contribution in [1.82, 2.24) is 20.5 Å². The number of aromatic nitrogens is 1. The maximum atomic E-state index is 11.6. The van der Waals surface area contributed by atoms with Crippen LogP contribution < -0.4 is 10.6 Å². The molecule has 1 heterocycles. The fraction of sp³-hybridized carbons (Fsp3) is 0.688. The number of hydrogen-bond acceptors (Lipinski definition) is 4. The lowest BCUT2D eigenvalue weighted by Gasteiger charge is -2.12. The van der Waals surface area contributed by atoms with Crippen LogP contribution in [0.3, 0.4) is 0 Å². The monoisotopic (exact) mass is 465 g/mol. The van der Waals surface area contributed by atoms with Crippen molar-refractivity contribution in [2.24, 2.45) is 4.99 Å². The Balaban J connectivity index is 0.00000288. The molecule has 24 heavy (non-hydrogen) atoms. The molecule has 0 fully saturated rings. The lowest BCUT2D eigenvalue weighted by atomic mass is 10.0. The summed E-state index contributed by atoms with van der Waals surface area (Å²) in [5.74, 6) is 0.679. The molecule has 0 atom stereocenters. The largest absolute Gasteiger partial charge is 0.357 e. The third kappa shape index (κ3) is 6.54. The molecule has 1 amide bonds. The molecule has 2 N–H and O–H groups in total. The quantitative estimate of drug-likeness (QED) is 0.382. The molecular weight excluding hydrogens is 437 g/mol. The number of aliphatic imine (C=N–C) groups is 1. The van der Waals surface area contributed by atoms with Crippen LogP contribution in [-0.2, 0) is 24.1 Å². The maximum absolute atomic E-state index is 11.6. The highest BCUT2D eigenvalue weighted by Gasteiger charge is 2.14. The third-order valence-corrected chi connectivity index (χ3v) is 4.95. The molecule has 0 bridgehead atoms. The Morgan fingerprint density at radius 1 is 1.29 bits per heavy atom. The zero-order valence-corrected chi connectivity index (χ0v) is 17.9. The van der Waals surface area contributed by atoms with Crippen molar-refractivity contribution in [3.63, 3.8) is 0 Å². The van der Waals surface area contributed by atoms with Crippen LogP contribution in [0.2, 0.25) is 0 Å². The van der Waals surface area contributed by atoms with Gasteiger partial charge in [0.15, 0.2) is 5.96 Å². The SMILES string of the molecule is CCNC(=NCC(=O)N(C)C)NCCc1nc2c(s1)CCCC2.I. The molecule has 0 saturated carbocycles. The van der Waals surface area contributed by atoms with E-state index in [1.807, 2.05) is 18.3 Å². The van der Waals surface area contributed by atoms with E-state index in [9.17, 15) is 4.79 Å². The molecule has 0 aromatic carbocycles. The van der Waals surface area contributed by atoms with Gasteiger partial charge < -0.3 is 15.5 Å². The van der Waals surface area contributed by atoms with Gasteiger partial charge in [-0.3, -0.25) is 4.79 Å². The fourth-order valence-electron chi connectivity index (χ4n) is 2.43.